The fourth-order valence-electron chi connectivity index (χ4n) is 2.16. The number of carbonyl (C=O) groups excluding carboxylic acids is 2. The molecule has 1 amide bonds. The number of hydroxylamine groups is 2. The number of ether oxygens (including phenoxy) is 1. The number of nitrogens with zero attached hydrogens (tertiary/aromatic N) is 1. The topological polar surface area (TPSA) is 93.9 Å². The second kappa shape index (κ2) is 7.16. The number of nitrogens with one attached hydrogen (secondary N) is 1. The highest BCUT2D eigenvalue weighted by Crippen LogP contribution is 2.22. The maximum Gasteiger partial charge on any atom is 0.337 e. The van der Waals surface area contributed by atoms with Crippen LogP contribution in [0.4, 0.5) is 0 Å². The summed E-state index contributed by atoms with van der Waals surface area (Å²) >= 11 is 0. The van der Waals surface area contributed by atoms with Crippen LogP contribution in [0.5, 0.6) is 0 Å². The van der Waals surface area contributed by atoms with E-state index in [2.05, 4.69) is 10.1 Å². The van der Waals surface area contributed by atoms with Crippen LogP contribution >= 0.6 is 0 Å². The third kappa shape index (κ3) is 4.01. The molecule has 2 rings (SSSR count). The van der Waals surface area contributed by atoms with Crippen molar-refractivity contribution in [2.75, 3.05) is 13.7 Å². The minimum atomic E-state index is -0.721. The van der Waals surface area contributed by atoms with Gasteiger partial charge in [0.25, 0.3) is 0 Å². The Bertz CT molecular complexity index is 494. The van der Waals surface area contributed by atoms with Gasteiger partial charge in [0.05, 0.1) is 20.2 Å². The lowest BCUT2D eigenvalue weighted by atomic mass is 10.2. The molecule has 0 radical (unpaired) electrons. The van der Waals surface area contributed by atoms with Crippen LogP contribution in [0.2, 0.25) is 0 Å². The first kappa shape index (κ1) is 15.4. The molecule has 0 bridgehead atoms. The highest BCUT2D eigenvalue weighted by molar-refractivity contribution is 5.78. The largest absolute Gasteiger partial charge is 0.467 e. The number of esters is 1. The first-order valence-corrected chi connectivity index (χ1v) is 6.68. The van der Waals surface area contributed by atoms with Crippen LogP contribution in [0.25, 0.3) is 0 Å². The molecule has 0 saturated carbocycles. The Morgan fingerprint density at radius 1 is 1.43 bits per heavy atom. The van der Waals surface area contributed by atoms with E-state index in [9.17, 15) is 9.59 Å². The molecule has 1 aromatic rings. The van der Waals surface area contributed by atoms with Gasteiger partial charge in [-0.05, 0) is 5.56 Å². The maximum atomic E-state index is 11.6. The fourth-order valence-corrected chi connectivity index (χ4v) is 2.16. The summed E-state index contributed by atoms with van der Waals surface area (Å²) in [4.78, 5) is 28.7. The van der Waals surface area contributed by atoms with Crippen LogP contribution < -0.4 is 11.1 Å². The number of hydrogen-bond acceptors (Lipinski definition) is 6. The molecular formula is C14H19N3O4. The predicted molar refractivity (Wildman–Crippen MR) is 74.5 cm³/mol. The smallest absolute Gasteiger partial charge is 0.337 e. The monoisotopic (exact) mass is 293 g/mol. The zero-order chi connectivity index (χ0) is 15.2. The van der Waals surface area contributed by atoms with Gasteiger partial charge in [-0.3, -0.25) is 9.63 Å². The zero-order valence-corrected chi connectivity index (χ0v) is 11.8. The molecule has 0 aliphatic carbocycles. The number of hydrogen-bond donors (Lipinski definition) is 2. The SMILES string of the molecule is COC(=O)[C@H]1C[C@H](NC(=O)CN)N(Cc2ccccc2)O1. The molecule has 1 saturated heterocycles. The van der Waals surface area contributed by atoms with E-state index in [1.807, 2.05) is 30.3 Å². The van der Waals surface area contributed by atoms with Crippen molar-refractivity contribution in [3.8, 4) is 0 Å². The van der Waals surface area contributed by atoms with E-state index >= 15 is 0 Å². The van der Waals surface area contributed by atoms with Crippen molar-refractivity contribution in [1.29, 1.82) is 0 Å². The average Bonchev–Trinajstić information content (AvgIpc) is 2.90. The van der Waals surface area contributed by atoms with Crippen molar-refractivity contribution < 1.29 is 19.2 Å². The number of methoxy groups -OCH3 is 1. The lowest BCUT2D eigenvalue weighted by Gasteiger charge is -2.23. The van der Waals surface area contributed by atoms with Crippen molar-refractivity contribution in [3.63, 3.8) is 0 Å². The Kier molecular flexibility index (Phi) is 5.26. The zero-order valence-electron chi connectivity index (χ0n) is 11.8. The van der Waals surface area contributed by atoms with Gasteiger partial charge in [-0.25, -0.2) is 4.79 Å². The van der Waals surface area contributed by atoms with Gasteiger partial charge in [0.2, 0.25) is 5.91 Å². The van der Waals surface area contributed by atoms with E-state index in [4.69, 9.17) is 10.6 Å². The molecule has 0 spiro atoms. The molecule has 1 aliphatic heterocycles. The minimum absolute atomic E-state index is 0.113. The Morgan fingerprint density at radius 3 is 2.76 bits per heavy atom. The Hall–Kier alpha value is -1.96. The van der Waals surface area contributed by atoms with Crippen LogP contribution in [-0.4, -0.2) is 42.9 Å². The Labute approximate surface area is 122 Å². The molecule has 2 atom stereocenters. The molecule has 0 unspecified atom stereocenters. The van der Waals surface area contributed by atoms with Gasteiger partial charge in [-0.15, -0.1) is 0 Å². The van der Waals surface area contributed by atoms with Crippen LogP contribution in [0.1, 0.15) is 12.0 Å². The van der Waals surface area contributed by atoms with E-state index in [0.29, 0.717) is 13.0 Å². The summed E-state index contributed by atoms with van der Waals surface area (Å²) in [7, 11) is 1.30. The van der Waals surface area contributed by atoms with E-state index in [-0.39, 0.29) is 12.5 Å². The van der Waals surface area contributed by atoms with Crippen molar-refractivity contribution in [2.45, 2.75) is 25.2 Å². The average molecular weight is 293 g/mol. The first-order chi connectivity index (χ1) is 10.1. The normalized spacial score (nSPS) is 22.0. The van der Waals surface area contributed by atoms with Gasteiger partial charge in [-0.1, -0.05) is 30.3 Å². The predicted octanol–water partition coefficient (Wildman–Crippen LogP) is -0.233. The number of rotatable bonds is 5. The van der Waals surface area contributed by atoms with E-state index in [0.717, 1.165) is 5.56 Å². The van der Waals surface area contributed by atoms with E-state index < -0.39 is 18.2 Å². The number of carbonyl (C=O) groups is 2. The van der Waals surface area contributed by atoms with Gasteiger partial charge in [0.1, 0.15) is 6.17 Å². The third-order valence-electron chi connectivity index (χ3n) is 3.21. The second-order valence-electron chi connectivity index (χ2n) is 4.70. The maximum absolute atomic E-state index is 11.6. The van der Waals surface area contributed by atoms with Crippen LogP contribution in [0, 0.1) is 0 Å². The van der Waals surface area contributed by atoms with Crippen LogP contribution in [-0.2, 0) is 25.7 Å². The van der Waals surface area contributed by atoms with E-state index in [1.54, 1.807) is 5.06 Å². The number of nitrogens with two attached hydrogens (primary N) is 1. The number of amides is 1. The molecule has 114 valence electrons. The van der Waals surface area contributed by atoms with Crippen molar-refractivity contribution in [2.24, 2.45) is 5.73 Å². The van der Waals surface area contributed by atoms with Gasteiger partial charge < -0.3 is 15.8 Å². The molecule has 1 heterocycles. The van der Waals surface area contributed by atoms with Crippen molar-refractivity contribution >= 4 is 11.9 Å². The van der Waals surface area contributed by atoms with Gasteiger partial charge in [-0.2, -0.15) is 5.06 Å². The van der Waals surface area contributed by atoms with E-state index in [1.165, 1.54) is 7.11 Å². The third-order valence-corrected chi connectivity index (χ3v) is 3.21. The minimum Gasteiger partial charge on any atom is -0.467 e. The van der Waals surface area contributed by atoms with Gasteiger partial charge in [0.15, 0.2) is 6.10 Å². The summed E-state index contributed by atoms with van der Waals surface area (Å²) in [6.07, 6.45) is -0.808. The summed E-state index contributed by atoms with van der Waals surface area (Å²) in [6, 6.07) is 9.62. The molecule has 0 aromatic heterocycles. The summed E-state index contributed by atoms with van der Waals surface area (Å²) in [5, 5.41) is 4.31. The van der Waals surface area contributed by atoms with Gasteiger partial charge in [0, 0.05) is 6.42 Å². The molecule has 1 aliphatic rings. The van der Waals surface area contributed by atoms with Crippen LogP contribution in [0.3, 0.4) is 0 Å². The van der Waals surface area contributed by atoms with Crippen molar-refractivity contribution in [3.05, 3.63) is 35.9 Å². The molecule has 21 heavy (non-hydrogen) atoms. The summed E-state index contributed by atoms with van der Waals surface area (Å²) in [5.41, 5.74) is 6.32. The summed E-state index contributed by atoms with van der Waals surface area (Å²) in [6.45, 7) is 0.336. The number of benzene rings is 1. The Morgan fingerprint density at radius 2 is 2.14 bits per heavy atom. The molecular weight excluding hydrogens is 274 g/mol. The van der Waals surface area contributed by atoms with Crippen molar-refractivity contribution in [1.82, 2.24) is 10.4 Å². The standard InChI is InChI=1S/C14H19N3O4/c1-20-14(19)11-7-12(16-13(18)8-15)17(21-11)9-10-5-3-2-4-6-10/h2-6,11-12H,7-9,15H2,1H3,(H,16,18)/t11-,12-/m1/s1. The highest BCUT2D eigenvalue weighted by atomic mass is 16.7. The second-order valence-corrected chi connectivity index (χ2v) is 4.70. The lowest BCUT2D eigenvalue weighted by molar-refractivity contribution is -0.193. The lowest BCUT2D eigenvalue weighted by Crippen LogP contribution is -2.45. The molecule has 3 N–H and O–H groups in total. The highest BCUT2D eigenvalue weighted by Gasteiger charge is 2.38. The van der Waals surface area contributed by atoms with Crippen LogP contribution in [0.15, 0.2) is 30.3 Å². The summed E-state index contributed by atoms with van der Waals surface area (Å²) < 4.78 is 4.68. The summed E-state index contributed by atoms with van der Waals surface area (Å²) in [5.74, 6) is -0.760. The first-order valence-electron chi connectivity index (χ1n) is 6.68. The fraction of sp³-hybridized carbons (Fsp3) is 0.429. The molecule has 7 heteroatoms. The molecule has 1 aromatic carbocycles. The molecule has 7 nitrogen and oxygen atoms in total. The molecule has 1 fully saturated rings. The Balaban J connectivity index is 2.07. The quantitative estimate of drug-likeness (QED) is 0.728. The van der Waals surface area contributed by atoms with Gasteiger partial charge >= 0.3 is 5.97 Å².